The Hall–Kier alpha value is -2.85. The van der Waals surface area contributed by atoms with Gasteiger partial charge in [-0.1, -0.05) is 27.7 Å². The molecular formula is C31H63N5O10. The van der Waals surface area contributed by atoms with Crippen molar-refractivity contribution in [3.05, 3.63) is 0 Å². The van der Waals surface area contributed by atoms with Gasteiger partial charge in [0.1, 0.15) is 12.6 Å². The predicted molar refractivity (Wildman–Crippen MR) is 176 cm³/mol. The van der Waals surface area contributed by atoms with E-state index in [1.54, 1.807) is 13.8 Å². The van der Waals surface area contributed by atoms with Gasteiger partial charge in [-0.05, 0) is 59.8 Å². The molecule has 0 radical (unpaired) electrons. The molecule has 0 spiro atoms. The lowest BCUT2D eigenvalue weighted by atomic mass is 9.88. The molecule has 46 heavy (non-hydrogen) atoms. The largest absolute Gasteiger partial charge is 0.480 e. The standard InChI is InChI=1S/C23H44N4O8.C6H13NO2.C2H6/c1-22(2,21(32)27-11-13-33-14-15-34-16-18(25)28)9-12-35-23(3,4)8-5-10-26-19(29)7-6-17(24)20(30)31;1-6(2,9)3-4-7-5-8;1-2/h17H,5-16,24H2,1-4H3,(H2,25,28)(H,26,29)(H,27,32)(H,30,31);5,9H,3-4H2,1-2H3,(H,7,8);1-2H3. The highest BCUT2D eigenvalue weighted by atomic mass is 16.5. The van der Waals surface area contributed by atoms with Crippen LogP contribution in [-0.2, 0) is 38.2 Å². The van der Waals surface area contributed by atoms with Gasteiger partial charge in [-0.3, -0.25) is 24.0 Å². The molecule has 272 valence electrons. The minimum Gasteiger partial charge on any atom is -0.480 e. The average Bonchev–Trinajstić information content (AvgIpc) is 2.95. The van der Waals surface area contributed by atoms with Crippen LogP contribution in [-0.4, -0.2) is 110 Å². The van der Waals surface area contributed by atoms with Gasteiger partial charge in [-0.2, -0.15) is 0 Å². The number of carboxylic acids is 1. The van der Waals surface area contributed by atoms with Crippen LogP contribution in [0.25, 0.3) is 0 Å². The number of rotatable bonds is 25. The molecule has 0 aliphatic heterocycles. The van der Waals surface area contributed by atoms with E-state index in [-0.39, 0.29) is 37.9 Å². The molecule has 0 aromatic rings. The molecule has 1 atom stereocenters. The molecule has 15 heteroatoms. The Morgan fingerprint density at radius 3 is 2.00 bits per heavy atom. The molecule has 0 rings (SSSR count). The van der Waals surface area contributed by atoms with Gasteiger partial charge in [0.05, 0.1) is 31.0 Å². The number of amides is 4. The lowest BCUT2D eigenvalue weighted by Gasteiger charge is -2.29. The predicted octanol–water partition coefficient (Wildman–Crippen LogP) is 0.841. The number of ether oxygens (including phenoxy) is 3. The molecule has 0 aromatic heterocycles. The summed E-state index contributed by atoms with van der Waals surface area (Å²) in [5.74, 6) is -1.98. The molecule has 15 nitrogen and oxygen atoms in total. The van der Waals surface area contributed by atoms with E-state index in [4.69, 9.17) is 35.9 Å². The highest BCUT2D eigenvalue weighted by Crippen LogP contribution is 2.23. The van der Waals surface area contributed by atoms with Crippen LogP contribution in [0.3, 0.4) is 0 Å². The van der Waals surface area contributed by atoms with Crippen molar-refractivity contribution < 1.29 is 48.4 Å². The third kappa shape index (κ3) is 32.5. The van der Waals surface area contributed by atoms with E-state index >= 15 is 0 Å². The topological polar surface area (TPSA) is 242 Å². The van der Waals surface area contributed by atoms with Crippen LogP contribution in [0.2, 0.25) is 0 Å². The zero-order chi connectivity index (χ0) is 36.2. The maximum absolute atomic E-state index is 12.5. The monoisotopic (exact) mass is 665 g/mol. The van der Waals surface area contributed by atoms with Gasteiger partial charge in [0.2, 0.25) is 24.1 Å². The summed E-state index contributed by atoms with van der Waals surface area (Å²) >= 11 is 0. The number of aliphatic hydroxyl groups is 1. The third-order valence-electron chi connectivity index (χ3n) is 6.22. The first-order valence-electron chi connectivity index (χ1n) is 15.8. The summed E-state index contributed by atoms with van der Waals surface area (Å²) in [7, 11) is 0. The van der Waals surface area contributed by atoms with Crippen LogP contribution in [0.5, 0.6) is 0 Å². The van der Waals surface area contributed by atoms with E-state index in [2.05, 4.69) is 16.0 Å². The minimum atomic E-state index is -1.12. The van der Waals surface area contributed by atoms with Gasteiger partial charge in [0.15, 0.2) is 0 Å². The van der Waals surface area contributed by atoms with E-state index < -0.39 is 34.5 Å². The van der Waals surface area contributed by atoms with E-state index in [1.165, 1.54) is 0 Å². The van der Waals surface area contributed by atoms with Crippen LogP contribution in [0.15, 0.2) is 0 Å². The number of carbonyl (C=O) groups is 5. The average molecular weight is 666 g/mol. The smallest absolute Gasteiger partial charge is 0.320 e. The number of nitrogens with one attached hydrogen (secondary N) is 3. The van der Waals surface area contributed by atoms with Gasteiger partial charge < -0.3 is 51.8 Å². The second-order valence-electron chi connectivity index (χ2n) is 12.2. The third-order valence-corrected chi connectivity index (χ3v) is 6.22. The number of hydrogen-bond acceptors (Lipinski definition) is 10. The number of hydrogen-bond donors (Lipinski definition) is 7. The molecule has 0 aromatic carbocycles. The van der Waals surface area contributed by atoms with E-state index in [9.17, 15) is 24.0 Å². The normalized spacial score (nSPS) is 12.0. The summed E-state index contributed by atoms with van der Waals surface area (Å²) in [4.78, 5) is 55.1. The summed E-state index contributed by atoms with van der Waals surface area (Å²) in [6.07, 6.45) is 3.32. The summed E-state index contributed by atoms with van der Waals surface area (Å²) < 4.78 is 16.3. The first kappa shape index (κ1) is 47.6. The fourth-order valence-electron chi connectivity index (χ4n) is 3.31. The zero-order valence-corrected chi connectivity index (χ0v) is 29.4. The summed E-state index contributed by atoms with van der Waals surface area (Å²) in [6.45, 7) is 17.5. The van der Waals surface area contributed by atoms with Gasteiger partial charge in [0, 0.05) is 38.1 Å². The van der Waals surface area contributed by atoms with Crippen molar-refractivity contribution in [2.75, 3.05) is 52.7 Å². The number of carboxylic acid groups (broad SMARTS) is 1. The van der Waals surface area contributed by atoms with Gasteiger partial charge in [-0.15, -0.1) is 0 Å². The quantitative estimate of drug-likeness (QED) is 0.0532. The molecule has 0 fully saturated rings. The van der Waals surface area contributed by atoms with Crippen LogP contribution >= 0.6 is 0 Å². The molecule has 0 saturated heterocycles. The second-order valence-corrected chi connectivity index (χ2v) is 12.2. The number of nitrogens with two attached hydrogens (primary N) is 2. The van der Waals surface area contributed by atoms with E-state index in [0.717, 1.165) is 0 Å². The molecule has 0 bridgehead atoms. The first-order valence-corrected chi connectivity index (χ1v) is 15.8. The van der Waals surface area contributed by atoms with Crippen molar-refractivity contribution in [1.82, 2.24) is 16.0 Å². The van der Waals surface area contributed by atoms with Crippen molar-refractivity contribution in [3.63, 3.8) is 0 Å². The Balaban J connectivity index is -0.00000143. The Kier molecular flexibility index (Phi) is 28.2. The summed E-state index contributed by atoms with van der Waals surface area (Å²) in [6, 6.07) is -1.03. The fraction of sp³-hybridized carbons (Fsp3) is 0.839. The van der Waals surface area contributed by atoms with Crippen molar-refractivity contribution in [1.29, 1.82) is 0 Å². The van der Waals surface area contributed by atoms with Crippen molar-refractivity contribution >= 4 is 30.1 Å². The van der Waals surface area contributed by atoms with Gasteiger partial charge in [-0.25, -0.2) is 0 Å². The minimum absolute atomic E-state index is 0.0714. The van der Waals surface area contributed by atoms with Crippen molar-refractivity contribution in [2.45, 2.75) is 111 Å². The van der Waals surface area contributed by atoms with Gasteiger partial charge in [0.25, 0.3) is 0 Å². The summed E-state index contributed by atoms with van der Waals surface area (Å²) in [5, 5.41) is 25.9. The fourth-order valence-corrected chi connectivity index (χ4v) is 3.31. The van der Waals surface area contributed by atoms with Crippen LogP contribution < -0.4 is 27.4 Å². The maximum Gasteiger partial charge on any atom is 0.320 e. The zero-order valence-electron chi connectivity index (χ0n) is 29.4. The van der Waals surface area contributed by atoms with E-state index in [1.807, 2.05) is 41.5 Å². The van der Waals surface area contributed by atoms with Crippen LogP contribution in [0, 0.1) is 5.41 Å². The highest BCUT2D eigenvalue weighted by Gasteiger charge is 2.28. The molecule has 0 aliphatic rings. The second kappa shape index (κ2) is 27.3. The Bertz CT molecular complexity index is 848. The number of primary amides is 1. The van der Waals surface area contributed by atoms with Crippen LogP contribution in [0.1, 0.15) is 93.9 Å². The molecule has 9 N–H and O–H groups in total. The Morgan fingerprint density at radius 1 is 0.848 bits per heavy atom. The molecule has 0 heterocycles. The molecular weight excluding hydrogens is 602 g/mol. The highest BCUT2D eigenvalue weighted by molar-refractivity contribution is 5.81. The lowest BCUT2D eigenvalue weighted by Crippen LogP contribution is -2.40. The summed E-state index contributed by atoms with van der Waals surface area (Å²) in [5.41, 5.74) is 8.63. The Labute approximate surface area is 275 Å². The maximum atomic E-state index is 12.5. The van der Waals surface area contributed by atoms with Crippen LogP contribution in [0.4, 0.5) is 0 Å². The number of aliphatic carboxylic acids is 1. The molecule has 4 amide bonds. The SMILES string of the molecule is CC.CC(C)(CCCNC(=O)CCC(N)C(=O)O)OCCC(C)(C)C(=O)NCCOCCOCC(N)=O.CC(C)(O)CCNC=O. The van der Waals surface area contributed by atoms with Crippen molar-refractivity contribution in [3.8, 4) is 0 Å². The van der Waals surface area contributed by atoms with Crippen molar-refractivity contribution in [2.24, 2.45) is 16.9 Å². The molecule has 1 unspecified atom stereocenters. The molecule has 0 saturated carbocycles. The number of carbonyl (C=O) groups excluding carboxylic acids is 4. The molecule has 0 aliphatic carbocycles. The Morgan fingerprint density at radius 2 is 1.46 bits per heavy atom. The van der Waals surface area contributed by atoms with Gasteiger partial charge >= 0.3 is 5.97 Å². The lowest BCUT2D eigenvalue weighted by molar-refractivity contribution is -0.138. The van der Waals surface area contributed by atoms with E-state index in [0.29, 0.717) is 71.5 Å². The first-order chi connectivity index (χ1) is 21.3.